The van der Waals surface area contributed by atoms with E-state index in [1.165, 1.54) is 0 Å². The average Bonchev–Trinajstić information content (AvgIpc) is 2.18. The summed E-state index contributed by atoms with van der Waals surface area (Å²) >= 11 is 5.70. The number of benzene rings is 1. The zero-order valence-corrected chi connectivity index (χ0v) is 9.85. The lowest BCUT2D eigenvalue weighted by Gasteiger charge is -2.10. The molecule has 3 nitrogen and oxygen atoms in total. The number of esters is 1. The van der Waals surface area contributed by atoms with Crippen LogP contribution in [0, 0.1) is 0 Å². The fourth-order valence-corrected chi connectivity index (χ4v) is 1.16. The topological polar surface area (TPSA) is 52.3 Å². The van der Waals surface area contributed by atoms with Crippen LogP contribution in [-0.4, -0.2) is 12.6 Å². The molecule has 0 heterocycles. The van der Waals surface area contributed by atoms with Gasteiger partial charge in [-0.05, 0) is 24.6 Å². The fraction of sp³-hybridized carbons (Fsp3) is 0.300. The Morgan fingerprint density at radius 1 is 1.47 bits per heavy atom. The summed E-state index contributed by atoms with van der Waals surface area (Å²) < 4.78 is 4.79. The lowest BCUT2D eigenvalue weighted by atomic mass is 10.1. The quantitative estimate of drug-likeness (QED) is 0.837. The molecule has 0 spiro atoms. The van der Waals surface area contributed by atoms with Crippen LogP contribution >= 0.6 is 24.0 Å². The predicted molar refractivity (Wildman–Crippen MR) is 62.3 cm³/mol. The molecule has 0 aromatic heterocycles. The van der Waals surface area contributed by atoms with Gasteiger partial charge in [0.2, 0.25) is 0 Å². The largest absolute Gasteiger partial charge is 0.465 e. The van der Waals surface area contributed by atoms with Gasteiger partial charge in [-0.2, -0.15) is 0 Å². The Hall–Kier alpha value is -0.770. The van der Waals surface area contributed by atoms with Gasteiger partial charge in [0.15, 0.2) is 0 Å². The van der Waals surface area contributed by atoms with Gasteiger partial charge in [0, 0.05) is 5.02 Å². The summed E-state index contributed by atoms with van der Waals surface area (Å²) in [5, 5.41) is 0.616. The second-order valence-corrected chi connectivity index (χ2v) is 3.22. The molecule has 1 aromatic rings. The van der Waals surface area contributed by atoms with Crippen molar-refractivity contribution in [1.82, 2.24) is 0 Å². The second-order valence-electron chi connectivity index (χ2n) is 2.78. The van der Waals surface area contributed by atoms with Crippen LogP contribution in [0.3, 0.4) is 0 Å². The maximum atomic E-state index is 11.2. The number of hydrogen-bond donors (Lipinski definition) is 1. The summed E-state index contributed by atoms with van der Waals surface area (Å²) in [6.45, 7) is 2.08. The Bertz CT molecular complexity index is 314. The monoisotopic (exact) mass is 249 g/mol. The molecule has 0 aliphatic rings. The Kier molecular flexibility index (Phi) is 6.32. The van der Waals surface area contributed by atoms with Crippen molar-refractivity contribution in [3.05, 3.63) is 34.9 Å². The third-order valence-electron chi connectivity index (χ3n) is 1.77. The third kappa shape index (κ3) is 4.08. The summed E-state index contributed by atoms with van der Waals surface area (Å²) in [6, 6.07) is 6.08. The Labute approximate surface area is 100.0 Å². The van der Waals surface area contributed by atoms with Gasteiger partial charge in [-0.1, -0.05) is 23.7 Å². The summed E-state index contributed by atoms with van der Waals surface area (Å²) in [5.41, 5.74) is 6.36. The van der Waals surface area contributed by atoms with Gasteiger partial charge in [0.25, 0.3) is 0 Å². The second kappa shape index (κ2) is 6.67. The SMILES string of the molecule is CCOC(=O)C(N)c1ccc(Cl)cc1.Cl. The molecule has 0 saturated carbocycles. The van der Waals surface area contributed by atoms with Gasteiger partial charge in [0.1, 0.15) is 6.04 Å². The van der Waals surface area contributed by atoms with Crippen molar-refractivity contribution in [2.24, 2.45) is 5.73 Å². The number of carbonyl (C=O) groups excluding carboxylic acids is 1. The van der Waals surface area contributed by atoms with Crippen LogP contribution in [0.2, 0.25) is 5.02 Å². The maximum absolute atomic E-state index is 11.2. The molecule has 1 aromatic carbocycles. The molecule has 0 amide bonds. The summed E-state index contributed by atoms with van der Waals surface area (Å²) in [6.07, 6.45) is 0. The lowest BCUT2D eigenvalue weighted by molar-refractivity contribution is -0.144. The molecule has 0 saturated heterocycles. The van der Waals surface area contributed by atoms with Gasteiger partial charge in [-0.15, -0.1) is 12.4 Å². The van der Waals surface area contributed by atoms with E-state index in [9.17, 15) is 4.79 Å². The van der Waals surface area contributed by atoms with Gasteiger partial charge < -0.3 is 10.5 Å². The summed E-state index contributed by atoms with van der Waals surface area (Å²) in [7, 11) is 0. The van der Waals surface area contributed by atoms with Crippen molar-refractivity contribution in [2.75, 3.05) is 6.61 Å². The van der Waals surface area contributed by atoms with E-state index < -0.39 is 12.0 Å². The Morgan fingerprint density at radius 3 is 2.47 bits per heavy atom. The minimum absolute atomic E-state index is 0. The van der Waals surface area contributed by atoms with Gasteiger partial charge in [0.05, 0.1) is 6.61 Å². The Balaban J connectivity index is 0.00000196. The highest BCUT2D eigenvalue weighted by atomic mass is 35.5. The zero-order chi connectivity index (χ0) is 10.6. The van der Waals surface area contributed by atoms with Crippen LogP contribution in [0.5, 0.6) is 0 Å². The van der Waals surface area contributed by atoms with Crippen LogP contribution < -0.4 is 5.73 Å². The van der Waals surface area contributed by atoms with Crippen molar-refractivity contribution in [3.8, 4) is 0 Å². The van der Waals surface area contributed by atoms with Crippen LogP contribution in [0.1, 0.15) is 18.5 Å². The predicted octanol–water partition coefficient (Wildman–Crippen LogP) is 2.32. The van der Waals surface area contributed by atoms with E-state index in [2.05, 4.69) is 0 Å². The molecule has 0 fully saturated rings. The molecule has 1 unspecified atom stereocenters. The molecule has 15 heavy (non-hydrogen) atoms. The summed E-state index contributed by atoms with van der Waals surface area (Å²) in [5.74, 6) is -0.421. The van der Waals surface area contributed by atoms with E-state index in [4.69, 9.17) is 22.1 Å². The molecule has 0 aliphatic carbocycles. The third-order valence-corrected chi connectivity index (χ3v) is 2.02. The van der Waals surface area contributed by atoms with Crippen molar-refractivity contribution in [3.63, 3.8) is 0 Å². The molecule has 84 valence electrons. The molecule has 0 radical (unpaired) electrons. The highest BCUT2D eigenvalue weighted by Crippen LogP contribution is 2.15. The van der Waals surface area contributed by atoms with Crippen molar-refractivity contribution in [2.45, 2.75) is 13.0 Å². The highest BCUT2D eigenvalue weighted by molar-refractivity contribution is 6.30. The van der Waals surface area contributed by atoms with E-state index in [1.807, 2.05) is 0 Å². The highest BCUT2D eigenvalue weighted by Gasteiger charge is 2.16. The number of carbonyl (C=O) groups is 1. The van der Waals surface area contributed by atoms with E-state index in [-0.39, 0.29) is 12.4 Å². The summed E-state index contributed by atoms with van der Waals surface area (Å²) in [4.78, 5) is 11.2. The Morgan fingerprint density at radius 2 is 2.00 bits per heavy atom. The molecule has 5 heteroatoms. The molecule has 1 rings (SSSR count). The molecule has 2 N–H and O–H groups in total. The van der Waals surface area contributed by atoms with Crippen molar-refractivity contribution in [1.29, 1.82) is 0 Å². The smallest absolute Gasteiger partial charge is 0.327 e. The first-order valence-corrected chi connectivity index (χ1v) is 4.70. The number of halogens is 2. The fourth-order valence-electron chi connectivity index (χ4n) is 1.04. The van der Waals surface area contributed by atoms with Gasteiger partial charge in [-0.25, -0.2) is 4.79 Å². The molecule has 0 aliphatic heterocycles. The number of hydrogen-bond acceptors (Lipinski definition) is 3. The van der Waals surface area contributed by atoms with Gasteiger partial charge in [-0.3, -0.25) is 0 Å². The first-order valence-electron chi connectivity index (χ1n) is 4.33. The van der Waals surface area contributed by atoms with Crippen molar-refractivity contribution < 1.29 is 9.53 Å². The lowest BCUT2D eigenvalue weighted by Crippen LogP contribution is -2.23. The molecule has 0 bridgehead atoms. The van der Waals surface area contributed by atoms with E-state index in [0.717, 1.165) is 0 Å². The molecule has 1 atom stereocenters. The average molecular weight is 250 g/mol. The van der Waals surface area contributed by atoms with E-state index in [0.29, 0.717) is 17.2 Å². The van der Waals surface area contributed by atoms with Gasteiger partial charge >= 0.3 is 5.97 Å². The van der Waals surface area contributed by atoms with Crippen LogP contribution in [0.4, 0.5) is 0 Å². The molecular weight excluding hydrogens is 237 g/mol. The normalized spacial score (nSPS) is 11.4. The van der Waals surface area contributed by atoms with E-state index in [1.54, 1.807) is 31.2 Å². The van der Waals surface area contributed by atoms with Crippen LogP contribution in [0.25, 0.3) is 0 Å². The van der Waals surface area contributed by atoms with Crippen LogP contribution in [0.15, 0.2) is 24.3 Å². The standard InChI is InChI=1S/C10H12ClNO2.ClH/c1-2-14-10(13)9(12)7-3-5-8(11)6-4-7;/h3-6,9H,2,12H2,1H3;1H. The number of ether oxygens (including phenoxy) is 1. The first kappa shape index (κ1) is 14.2. The number of rotatable bonds is 3. The maximum Gasteiger partial charge on any atom is 0.327 e. The van der Waals surface area contributed by atoms with Crippen LogP contribution in [-0.2, 0) is 9.53 Å². The zero-order valence-electron chi connectivity index (χ0n) is 8.27. The van der Waals surface area contributed by atoms with E-state index >= 15 is 0 Å². The first-order chi connectivity index (χ1) is 6.65. The minimum Gasteiger partial charge on any atom is -0.465 e. The van der Waals surface area contributed by atoms with Crippen molar-refractivity contribution >= 4 is 30.0 Å². The number of nitrogens with two attached hydrogens (primary N) is 1. The molecular formula is C10H13Cl2NO2. The minimum atomic E-state index is -0.729.